The van der Waals surface area contributed by atoms with E-state index in [1.165, 1.54) is 18.4 Å². The van der Waals surface area contributed by atoms with E-state index in [2.05, 4.69) is 5.32 Å². The number of aliphatic carboxylic acids is 1. The summed E-state index contributed by atoms with van der Waals surface area (Å²) in [6.45, 7) is 0. The number of carboxylic acids is 1. The van der Waals surface area contributed by atoms with E-state index in [-0.39, 0.29) is 18.1 Å². The smallest absolute Gasteiger partial charge is 0.305 e. The third-order valence-corrected chi connectivity index (χ3v) is 4.15. The van der Waals surface area contributed by atoms with Gasteiger partial charge in [-0.25, -0.2) is 4.39 Å². The lowest BCUT2D eigenvalue weighted by molar-refractivity contribution is -0.138. The Kier molecular flexibility index (Phi) is 3.90. The normalized spacial score (nSPS) is 16.6. The van der Waals surface area contributed by atoms with Gasteiger partial charge in [-0.2, -0.15) is 0 Å². The number of carbonyl (C=O) groups is 2. The minimum Gasteiger partial charge on any atom is -0.481 e. The van der Waals surface area contributed by atoms with Crippen LogP contribution < -0.4 is 5.32 Å². The van der Waals surface area contributed by atoms with Gasteiger partial charge in [-0.1, -0.05) is 12.1 Å². The molecular weight excluding hydrogens is 301 g/mol. The molecule has 0 saturated heterocycles. The van der Waals surface area contributed by atoms with E-state index in [4.69, 9.17) is 9.52 Å². The standard InChI is InChI=1S/C17H16FNO4/c18-12-5-3-11(4-6-12)17(7-8-17)16(22)19-13(10-15(20)21)14-2-1-9-23-14/h1-6,9,13H,7-8,10H2,(H,19,22)(H,20,21)/t13-/m0/s1. The lowest BCUT2D eigenvalue weighted by Gasteiger charge is -2.20. The Balaban J connectivity index is 1.79. The number of rotatable bonds is 6. The third kappa shape index (κ3) is 3.11. The number of hydrogen-bond acceptors (Lipinski definition) is 3. The predicted molar refractivity (Wildman–Crippen MR) is 79.2 cm³/mol. The highest BCUT2D eigenvalue weighted by Crippen LogP contribution is 2.48. The first-order valence-corrected chi connectivity index (χ1v) is 7.33. The Hall–Kier alpha value is -2.63. The zero-order chi connectivity index (χ0) is 16.4. The topological polar surface area (TPSA) is 79.5 Å². The molecule has 2 N–H and O–H groups in total. The van der Waals surface area contributed by atoms with Crippen LogP contribution in [0.2, 0.25) is 0 Å². The summed E-state index contributed by atoms with van der Waals surface area (Å²) in [6, 6.07) is 8.39. The van der Waals surface area contributed by atoms with Gasteiger partial charge in [-0.15, -0.1) is 0 Å². The molecule has 5 nitrogen and oxygen atoms in total. The number of carbonyl (C=O) groups excluding carboxylic acids is 1. The van der Waals surface area contributed by atoms with Crippen molar-refractivity contribution in [2.24, 2.45) is 0 Å². The van der Waals surface area contributed by atoms with Gasteiger partial charge in [0, 0.05) is 0 Å². The van der Waals surface area contributed by atoms with Crippen LogP contribution in [0, 0.1) is 5.82 Å². The average Bonchev–Trinajstić information content (AvgIpc) is 3.14. The minimum absolute atomic E-state index is 0.258. The number of amides is 1. The maximum absolute atomic E-state index is 13.1. The molecule has 3 rings (SSSR count). The molecule has 0 aliphatic heterocycles. The average molecular weight is 317 g/mol. The lowest BCUT2D eigenvalue weighted by atomic mass is 9.94. The van der Waals surface area contributed by atoms with Crippen molar-refractivity contribution < 1.29 is 23.5 Å². The molecular formula is C17H16FNO4. The monoisotopic (exact) mass is 317 g/mol. The third-order valence-electron chi connectivity index (χ3n) is 4.15. The highest BCUT2D eigenvalue weighted by atomic mass is 19.1. The number of nitrogens with one attached hydrogen (secondary N) is 1. The SMILES string of the molecule is O=C(O)C[C@H](NC(=O)C1(c2ccc(F)cc2)CC1)c1ccco1. The first kappa shape index (κ1) is 15.3. The second-order valence-corrected chi connectivity index (χ2v) is 5.73. The summed E-state index contributed by atoms with van der Waals surface area (Å²) in [6.07, 6.45) is 2.48. The number of benzene rings is 1. The summed E-state index contributed by atoms with van der Waals surface area (Å²) in [4.78, 5) is 23.7. The molecule has 2 aromatic rings. The lowest BCUT2D eigenvalue weighted by Crippen LogP contribution is -2.38. The van der Waals surface area contributed by atoms with Gasteiger partial charge in [0.1, 0.15) is 11.6 Å². The van der Waals surface area contributed by atoms with Crippen molar-refractivity contribution >= 4 is 11.9 Å². The molecule has 1 atom stereocenters. The second-order valence-electron chi connectivity index (χ2n) is 5.73. The molecule has 1 fully saturated rings. The summed E-state index contributed by atoms with van der Waals surface area (Å²) >= 11 is 0. The molecule has 0 spiro atoms. The Bertz CT molecular complexity index is 705. The van der Waals surface area contributed by atoms with E-state index >= 15 is 0 Å². The van der Waals surface area contributed by atoms with Crippen LogP contribution in [0.25, 0.3) is 0 Å². The molecule has 23 heavy (non-hydrogen) atoms. The summed E-state index contributed by atoms with van der Waals surface area (Å²) in [7, 11) is 0. The van der Waals surface area contributed by atoms with Crippen LogP contribution in [-0.4, -0.2) is 17.0 Å². The predicted octanol–water partition coefficient (Wildman–Crippen LogP) is 2.78. The van der Waals surface area contributed by atoms with Crippen LogP contribution in [0.4, 0.5) is 4.39 Å². The fourth-order valence-corrected chi connectivity index (χ4v) is 2.72. The zero-order valence-electron chi connectivity index (χ0n) is 12.3. The van der Waals surface area contributed by atoms with Crippen LogP contribution in [-0.2, 0) is 15.0 Å². The summed E-state index contributed by atoms with van der Waals surface area (Å²) < 4.78 is 18.3. The van der Waals surface area contributed by atoms with Gasteiger partial charge in [-0.05, 0) is 42.7 Å². The van der Waals surface area contributed by atoms with E-state index in [1.807, 2.05) is 0 Å². The summed E-state index contributed by atoms with van der Waals surface area (Å²) in [5, 5.41) is 11.8. The minimum atomic E-state index is -1.03. The maximum Gasteiger partial charge on any atom is 0.305 e. The quantitative estimate of drug-likeness (QED) is 0.858. The maximum atomic E-state index is 13.1. The zero-order valence-corrected chi connectivity index (χ0v) is 12.3. The molecule has 1 saturated carbocycles. The van der Waals surface area contributed by atoms with Crippen LogP contribution in [0.15, 0.2) is 47.1 Å². The first-order valence-electron chi connectivity index (χ1n) is 7.33. The summed E-state index contributed by atoms with van der Waals surface area (Å²) in [5.41, 5.74) is 0.0433. The molecule has 1 heterocycles. The molecule has 1 aliphatic carbocycles. The van der Waals surface area contributed by atoms with Crippen LogP contribution in [0.1, 0.15) is 36.6 Å². The Morgan fingerprint density at radius 2 is 1.96 bits per heavy atom. The number of halogens is 1. The fourth-order valence-electron chi connectivity index (χ4n) is 2.72. The second kappa shape index (κ2) is 5.87. The van der Waals surface area contributed by atoms with E-state index in [1.54, 1.807) is 24.3 Å². The van der Waals surface area contributed by atoms with Crippen molar-refractivity contribution in [2.75, 3.05) is 0 Å². The Morgan fingerprint density at radius 1 is 1.26 bits per heavy atom. The van der Waals surface area contributed by atoms with Crippen LogP contribution in [0.5, 0.6) is 0 Å². The van der Waals surface area contributed by atoms with Crippen LogP contribution in [0.3, 0.4) is 0 Å². The molecule has 1 aromatic heterocycles. The highest BCUT2D eigenvalue weighted by molar-refractivity contribution is 5.91. The molecule has 1 aliphatic rings. The molecule has 1 amide bonds. The van der Waals surface area contributed by atoms with Crippen molar-refractivity contribution in [1.29, 1.82) is 0 Å². The van der Waals surface area contributed by atoms with Crippen molar-refractivity contribution in [3.63, 3.8) is 0 Å². The molecule has 0 unspecified atom stereocenters. The largest absolute Gasteiger partial charge is 0.481 e. The van der Waals surface area contributed by atoms with Crippen molar-refractivity contribution in [3.05, 3.63) is 59.8 Å². The van der Waals surface area contributed by atoms with E-state index < -0.39 is 17.4 Å². The van der Waals surface area contributed by atoms with Gasteiger partial charge in [-0.3, -0.25) is 9.59 Å². The van der Waals surface area contributed by atoms with E-state index in [0.717, 1.165) is 5.56 Å². The Labute approximate surface area is 132 Å². The number of furan rings is 1. The van der Waals surface area contributed by atoms with Crippen molar-refractivity contribution in [1.82, 2.24) is 5.32 Å². The molecule has 0 radical (unpaired) electrons. The van der Waals surface area contributed by atoms with Gasteiger partial charge in [0.2, 0.25) is 5.91 Å². The molecule has 120 valence electrons. The Morgan fingerprint density at radius 3 is 2.48 bits per heavy atom. The van der Waals surface area contributed by atoms with Gasteiger partial charge in [0.25, 0.3) is 0 Å². The fraction of sp³-hybridized carbons (Fsp3) is 0.294. The van der Waals surface area contributed by atoms with Gasteiger partial charge in [0.15, 0.2) is 0 Å². The van der Waals surface area contributed by atoms with Crippen molar-refractivity contribution in [3.8, 4) is 0 Å². The first-order chi connectivity index (χ1) is 11.0. The van der Waals surface area contributed by atoms with Gasteiger partial charge in [0.05, 0.1) is 24.1 Å². The van der Waals surface area contributed by atoms with E-state index in [0.29, 0.717) is 18.6 Å². The van der Waals surface area contributed by atoms with Crippen LogP contribution >= 0.6 is 0 Å². The van der Waals surface area contributed by atoms with Crippen molar-refractivity contribution in [2.45, 2.75) is 30.7 Å². The van der Waals surface area contributed by atoms with Gasteiger partial charge < -0.3 is 14.8 Å². The number of hydrogen-bond donors (Lipinski definition) is 2. The van der Waals surface area contributed by atoms with E-state index in [9.17, 15) is 14.0 Å². The van der Waals surface area contributed by atoms with Gasteiger partial charge >= 0.3 is 5.97 Å². The highest BCUT2D eigenvalue weighted by Gasteiger charge is 2.51. The molecule has 6 heteroatoms. The summed E-state index contributed by atoms with van der Waals surface area (Å²) in [5.74, 6) is -1.25. The molecule has 0 bridgehead atoms. The number of carboxylic acid groups (broad SMARTS) is 1. The molecule has 1 aromatic carbocycles.